The van der Waals surface area contributed by atoms with E-state index in [1.165, 1.54) is 0 Å². The van der Waals surface area contributed by atoms with E-state index in [4.69, 9.17) is 16.9 Å². The van der Waals surface area contributed by atoms with E-state index in [0.717, 1.165) is 5.56 Å². The first-order valence-corrected chi connectivity index (χ1v) is 6.66. The zero-order valence-electron chi connectivity index (χ0n) is 8.49. The molecule has 1 heterocycles. The molecule has 0 amide bonds. The number of hydrogen-bond acceptors (Lipinski definition) is 4. The Bertz CT molecular complexity index is 590. The molecule has 0 fully saturated rings. The molecule has 16 heavy (non-hydrogen) atoms. The summed E-state index contributed by atoms with van der Waals surface area (Å²) < 4.78 is 23.8. The largest absolute Gasteiger partial charge is 0.367 e. The summed E-state index contributed by atoms with van der Waals surface area (Å²) >= 11 is 5.96. The first-order chi connectivity index (χ1) is 7.44. The third-order valence-electron chi connectivity index (χ3n) is 2.39. The van der Waals surface area contributed by atoms with Crippen LogP contribution in [0.2, 0.25) is 5.02 Å². The molecular formula is C10H9ClN2O2S. The van der Waals surface area contributed by atoms with Crippen molar-refractivity contribution in [2.45, 2.75) is 17.9 Å². The molecule has 0 radical (unpaired) electrons. The van der Waals surface area contributed by atoms with E-state index in [1.54, 1.807) is 19.1 Å². The SMILES string of the molecule is Cc1cc(Cl)c2c(c1)S(=O)(=O)CC(C#N)N2. The molecule has 0 aromatic heterocycles. The lowest BCUT2D eigenvalue weighted by Crippen LogP contribution is -2.33. The van der Waals surface area contributed by atoms with Gasteiger partial charge in [-0.1, -0.05) is 11.6 Å². The van der Waals surface area contributed by atoms with Gasteiger partial charge in [0.05, 0.1) is 27.4 Å². The van der Waals surface area contributed by atoms with Gasteiger partial charge in [-0.25, -0.2) is 8.42 Å². The second kappa shape index (κ2) is 3.65. The van der Waals surface area contributed by atoms with Gasteiger partial charge in [-0.15, -0.1) is 0 Å². The number of nitrogens with one attached hydrogen (secondary N) is 1. The number of aryl methyl sites for hydroxylation is 1. The summed E-state index contributed by atoms with van der Waals surface area (Å²) in [6.07, 6.45) is 0. The fourth-order valence-corrected chi connectivity index (χ4v) is 3.70. The van der Waals surface area contributed by atoms with Crippen LogP contribution in [0.5, 0.6) is 0 Å². The van der Waals surface area contributed by atoms with Crippen LogP contribution in [-0.4, -0.2) is 20.2 Å². The van der Waals surface area contributed by atoms with Crippen molar-refractivity contribution in [3.63, 3.8) is 0 Å². The normalized spacial score (nSPS) is 21.7. The summed E-state index contributed by atoms with van der Waals surface area (Å²) in [6, 6.07) is 4.39. The Morgan fingerprint density at radius 1 is 1.56 bits per heavy atom. The average molecular weight is 257 g/mol. The van der Waals surface area contributed by atoms with Crippen LogP contribution >= 0.6 is 11.6 Å². The van der Waals surface area contributed by atoms with Gasteiger partial charge in [0, 0.05) is 0 Å². The maximum Gasteiger partial charge on any atom is 0.183 e. The number of nitriles is 1. The molecule has 1 aliphatic rings. The summed E-state index contributed by atoms with van der Waals surface area (Å²) in [5.74, 6) is -0.212. The van der Waals surface area contributed by atoms with Crippen molar-refractivity contribution >= 4 is 27.1 Å². The Balaban J connectivity index is 2.70. The summed E-state index contributed by atoms with van der Waals surface area (Å²) in [5.41, 5.74) is 1.12. The average Bonchev–Trinajstić information content (AvgIpc) is 2.18. The topological polar surface area (TPSA) is 70.0 Å². The van der Waals surface area contributed by atoms with Gasteiger partial charge in [0.1, 0.15) is 6.04 Å². The van der Waals surface area contributed by atoms with Crippen LogP contribution in [0.4, 0.5) is 5.69 Å². The number of anilines is 1. The van der Waals surface area contributed by atoms with Gasteiger partial charge in [-0.05, 0) is 24.6 Å². The molecule has 0 saturated heterocycles. The first-order valence-electron chi connectivity index (χ1n) is 4.63. The first kappa shape index (κ1) is 11.2. The minimum absolute atomic E-state index is 0.184. The molecule has 4 nitrogen and oxygen atoms in total. The second-order valence-corrected chi connectivity index (χ2v) is 6.14. The summed E-state index contributed by atoms with van der Waals surface area (Å²) in [7, 11) is -3.42. The Labute approximate surface area is 98.8 Å². The van der Waals surface area contributed by atoms with Crippen molar-refractivity contribution in [2.75, 3.05) is 11.1 Å². The summed E-state index contributed by atoms with van der Waals surface area (Å²) in [4.78, 5) is 0.184. The maximum absolute atomic E-state index is 11.9. The van der Waals surface area contributed by atoms with Gasteiger partial charge in [0.15, 0.2) is 9.84 Å². The van der Waals surface area contributed by atoms with Crippen LogP contribution in [0, 0.1) is 18.3 Å². The van der Waals surface area contributed by atoms with E-state index in [1.807, 2.05) is 6.07 Å². The quantitative estimate of drug-likeness (QED) is 0.768. The molecule has 0 saturated carbocycles. The van der Waals surface area contributed by atoms with Crippen LogP contribution in [0.1, 0.15) is 5.56 Å². The number of rotatable bonds is 0. The molecule has 0 aliphatic carbocycles. The Morgan fingerprint density at radius 2 is 2.25 bits per heavy atom. The Kier molecular flexibility index (Phi) is 2.56. The van der Waals surface area contributed by atoms with Crippen molar-refractivity contribution in [1.29, 1.82) is 5.26 Å². The summed E-state index contributed by atoms with van der Waals surface area (Å²) in [6.45, 7) is 1.78. The van der Waals surface area contributed by atoms with Crippen molar-refractivity contribution in [3.05, 3.63) is 22.7 Å². The fourth-order valence-electron chi connectivity index (χ4n) is 1.69. The highest BCUT2D eigenvalue weighted by atomic mass is 35.5. The summed E-state index contributed by atoms with van der Waals surface area (Å²) in [5, 5.41) is 11.9. The highest BCUT2D eigenvalue weighted by Crippen LogP contribution is 2.35. The molecule has 1 aromatic rings. The monoisotopic (exact) mass is 256 g/mol. The molecule has 1 unspecified atom stereocenters. The van der Waals surface area contributed by atoms with E-state index in [0.29, 0.717) is 10.7 Å². The van der Waals surface area contributed by atoms with Crippen molar-refractivity contribution in [1.82, 2.24) is 0 Å². The number of hydrogen-bond donors (Lipinski definition) is 1. The van der Waals surface area contributed by atoms with Crippen LogP contribution in [0.3, 0.4) is 0 Å². The molecule has 0 spiro atoms. The van der Waals surface area contributed by atoms with Crippen molar-refractivity contribution in [3.8, 4) is 6.07 Å². The predicted octanol–water partition coefficient (Wildman–Crippen LogP) is 1.74. The molecule has 1 aliphatic heterocycles. The number of fused-ring (bicyclic) bond motifs is 1. The van der Waals surface area contributed by atoms with Gasteiger partial charge in [0.2, 0.25) is 0 Å². The van der Waals surface area contributed by atoms with E-state index >= 15 is 0 Å². The number of sulfone groups is 1. The number of benzene rings is 1. The molecule has 1 aromatic carbocycles. The molecule has 2 rings (SSSR count). The van der Waals surface area contributed by atoms with Crippen LogP contribution in [0.25, 0.3) is 0 Å². The number of halogens is 1. The second-order valence-electron chi connectivity index (χ2n) is 3.73. The molecule has 1 atom stereocenters. The highest BCUT2D eigenvalue weighted by molar-refractivity contribution is 7.91. The van der Waals surface area contributed by atoms with Crippen LogP contribution < -0.4 is 5.32 Å². The van der Waals surface area contributed by atoms with Gasteiger partial charge >= 0.3 is 0 Å². The third kappa shape index (κ3) is 1.75. The predicted molar refractivity (Wildman–Crippen MR) is 61.3 cm³/mol. The number of nitrogens with zero attached hydrogens (tertiary/aromatic N) is 1. The maximum atomic E-state index is 11.9. The van der Waals surface area contributed by atoms with Crippen LogP contribution in [-0.2, 0) is 9.84 Å². The van der Waals surface area contributed by atoms with Gasteiger partial charge in [-0.2, -0.15) is 5.26 Å². The zero-order chi connectivity index (χ0) is 11.9. The molecule has 0 bridgehead atoms. The lowest BCUT2D eigenvalue weighted by Gasteiger charge is -2.23. The lowest BCUT2D eigenvalue weighted by molar-refractivity contribution is 0.591. The molecule has 84 valence electrons. The Hall–Kier alpha value is -1.25. The van der Waals surface area contributed by atoms with Gasteiger partial charge in [-0.3, -0.25) is 0 Å². The zero-order valence-corrected chi connectivity index (χ0v) is 10.1. The highest BCUT2D eigenvalue weighted by Gasteiger charge is 2.31. The standard InChI is InChI=1S/C10H9ClN2O2S/c1-6-2-8(11)10-9(3-6)16(14,15)5-7(4-12)13-10/h2-3,7,13H,5H2,1H3. The molecular weight excluding hydrogens is 248 g/mol. The van der Waals surface area contributed by atoms with Crippen molar-refractivity contribution < 1.29 is 8.42 Å². The van der Waals surface area contributed by atoms with Crippen molar-refractivity contribution in [2.24, 2.45) is 0 Å². The fraction of sp³-hybridized carbons (Fsp3) is 0.300. The van der Waals surface area contributed by atoms with E-state index in [-0.39, 0.29) is 10.6 Å². The van der Waals surface area contributed by atoms with Crippen LogP contribution in [0.15, 0.2) is 17.0 Å². The van der Waals surface area contributed by atoms with E-state index < -0.39 is 15.9 Å². The Morgan fingerprint density at radius 3 is 2.88 bits per heavy atom. The van der Waals surface area contributed by atoms with Gasteiger partial charge in [0.25, 0.3) is 0 Å². The molecule has 6 heteroatoms. The van der Waals surface area contributed by atoms with E-state index in [9.17, 15) is 8.42 Å². The third-order valence-corrected chi connectivity index (χ3v) is 4.46. The lowest BCUT2D eigenvalue weighted by atomic mass is 10.2. The van der Waals surface area contributed by atoms with E-state index in [2.05, 4.69) is 5.32 Å². The van der Waals surface area contributed by atoms with Gasteiger partial charge < -0.3 is 5.32 Å². The minimum atomic E-state index is -3.42. The minimum Gasteiger partial charge on any atom is -0.367 e. The smallest absolute Gasteiger partial charge is 0.183 e. The molecule has 1 N–H and O–H groups in total.